The Balaban J connectivity index is 2.26. The summed E-state index contributed by atoms with van der Waals surface area (Å²) in [4.78, 5) is 23.4. The monoisotopic (exact) mass is 223 g/mol. The lowest BCUT2D eigenvalue weighted by Gasteiger charge is -2.28. The molecule has 0 unspecified atom stereocenters. The predicted molar refractivity (Wildman–Crippen MR) is 55.0 cm³/mol. The Morgan fingerprint density at radius 1 is 1.56 bits per heavy atom. The van der Waals surface area contributed by atoms with E-state index in [0.717, 1.165) is 0 Å². The van der Waals surface area contributed by atoms with Crippen LogP contribution in [0.3, 0.4) is 0 Å². The van der Waals surface area contributed by atoms with Gasteiger partial charge >= 0.3 is 6.03 Å². The fourth-order valence-corrected chi connectivity index (χ4v) is 1.60. The lowest BCUT2D eigenvalue weighted by Crippen LogP contribution is -2.43. The van der Waals surface area contributed by atoms with Crippen LogP contribution in [0.2, 0.25) is 0 Å². The number of fused-ring (bicyclic) bond motifs is 1. The highest BCUT2D eigenvalue weighted by atomic mass is 19.1. The third-order valence-corrected chi connectivity index (χ3v) is 2.30. The topological polar surface area (TPSA) is 75.4 Å². The van der Waals surface area contributed by atoms with Gasteiger partial charge in [-0.3, -0.25) is 4.79 Å². The molecule has 6 heteroatoms. The van der Waals surface area contributed by atoms with Crippen LogP contribution in [0.4, 0.5) is 14.9 Å². The van der Waals surface area contributed by atoms with Gasteiger partial charge in [-0.1, -0.05) is 0 Å². The van der Waals surface area contributed by atoms with E-state index in [1.807, 2.05) is 0 Å². The molecule has 3 amide bonds. The summed E-state index contributed by atoms with van der Waals surface area (Å²) in [5, 5.41) is 2.56. The van der Waals surface area contributed by atoms with Crippen LogP contribution in [0, 0.1) is 5.82 Å². The van der Waals surface area contributed by atoms with Crippen molar-refractivity contribution >= 4 is 17.6 Å². The molecule has 1 aliphatic rings. The molecule has 0 saturated heterocycles. The summed E-state index contributed by atoms with van der Waals surface area (Å²) in [5.74, 6) is -0.982. The number of hydrogen-bond donors (Lipinski definition) is 2. The summed E-state index contributed by atoms with van der Waals surface area (Å²) < 4.78 is 13.0. The zero-order valence-corrected chi connectivity index (χ0v) is 8.37. The van der Waals surface area contributed by atoms with E-state index in [4.69, 9.17) is 5.73 Å². The second kappa shape index (κ2) is 3.80. The molecule has 0 atom stereocenters. The molecule has 0 aromatic heterocycles. The Labute approximate surface area is 91.0 Å². The number of amides is 3. The van der Waals surface area contributed by atoms with Crippen molar-refractivity contribution in [3.63, 3.8) is 0 Å². The smallest absolute Gasteiger partial charge is 0.322 e. The fraction of sp³-hybridized carbons (Fsp3) is 0.200. The minimum absolute atomic E-state index is 0.179. The largest absolute Gasteiger partial charge is 0.368 e. The van der Waals surface area contributed by atoms with Crippen molar-refractivity contribution < 1.29 is 14.0 Å². The molecule has 0 saturated carbocycles. The zero-order chi connectivity index (χ0) is 11.7. The zero-order valence-electron chi connectivity index (χ0n) is 8.37. The molecule has 0 fully saturated rings. The Morgan fingerprint density at radius 3 is 3.00 bits per heavy atom. The predicted octanol–water partition coefficient (Wildman–Crippen LogP) is 0.659. The van der Waals surface area contributed by atoms with Crippen LogP contribution in [0.25, 0.3) is 0 Å². The molecule has 0 aliphatic carbocycles. The quantitative estimate of drug-likeness (QED) is 0.772. The molecule has 2 rings (SSSR count). The summed E-state index contributed by atoms with van der Waals surface area (Å²) >= 11 is 0. The second-order valence-electron chi connectivity index (χ2n) is 3.55. The van der Waals surface area contributed by atoms with E-state index >= 15 is 0 Å². The molecule has 5 nitrogen and oxygen atoms in total. The van der Waals surface area contributed by atoms with Crippen LogP contribution < -0.4 is 11.1 Å². The van der Waals surface area contributed by atoms with E-state index < -0.39 is 11.9 Å². The second-order valence-corrected chi connectivity index (χ2v) is 3.55. The van der Waals surface area contributed by atoms with Gasteiger partial charge in [0, 0.05) is 5.69 Å². The normalized spacial score (nSPS) is 14.3. The maximum Gasteiger partial charge on any atom is 0.322 e. The van der Waals surface area contributed by atoms with E-state index in [1.54, 1.807) is 0 Å². The number of urea groups is 1. The number of carbonyl (C=O) groups excluding carboxylic acids is 2. The maximum absolute atomic E-state index is 13.0. The summed E-state index contributed by atoms with van der Waals surface area (Å²) in [6.07, 6.45) is 0. The van der Waals surface area contributed by atoms with Crippen molar-refractivity contribution in [3.05, 3.63) is 29.6 Å². The standard InChI is InChI=1S/C10H10FN3O2/c11-7-1-2-8-6(3-7)4-14(5-9(12)15)10(16)13-8/h1-3H,4-5H2,(H2,12,15)(H,13,16). The molecular weight excluding hydrogens is 213 g/mol. The van der Waals surface area contributed by atoms with Gasteiger partial charge < -0.3 is 16.0 Å². The maximum atomic E-state index is 13.0. The molecule has 1 heterocycles. The first-order chi connectivity index (χ1) is 7.56. The minimum Gasteiger partial charge on any atom is -0.368 e. The number of nitrogens with one attached hydrogen (secondary N) is 1. The Kier molecular flexibility index (Phi) is 2.47. The molecule has 16 heavy (non-hydrogen) atoms. The fourth-order valence-electron chi connectivity index (χ4n) is 1.60. The van der Waals surface area contributed by atoms with Gasteiger partial charge in [0.1, 0.15) is 12.4 Å². The van der Waals surface area contributed by atoms with Crippen molar-refractivity contribution in [2.75, 3.05) is 11.9 Å². The van der Waals surface area contributed by atoms with Crippen LogP contribution >= 0.6 is 0 Å². The SMILES string of the molecule is NC(=O)CN1Cc2cc(F)ccc2NC1=O. The molecule has 1 aliphatic heterocycles. The van der Waals surface area contributed by atoms with Gasteiger partial charge in [0.15, 0.2) is 0 Å². The highest BCUT2D eigenvalue weighted by Gasteiger charge is 2.23. The van der Waals surface area contributed by atoms with Crippen molar-refractivity contribution in [2.24, 2.45) is 5.73 Å². The third-order valence-electron chi connectivity index (χ3n) is 2.30. The number of hydrogen-bond acceptors (Lipinski definition) is 2. The third kappa shape index (κ3) is 1.95. The average molecular weight is 223 g/mol. The summed E-state index contributed by atoms with van der Waals surface area (Å²) in [5.41, 5.74) is 6.19. The summed E-state index contributed by atoms with van der Waals surface area (Å²) in [7, 11) is 0. The van der Waals surface area contributed by atoms with E-state index in [9.17, 15) is 14.0 Å². The Bertz CT molecular complexity index is 461. The van der Waals surface area contributed by atoms with Crippen molar-refractivity contribution in [1.29, 1.82) is 0 Å². The van der Waals surface area contributed by atoms with Gasteiger partial charge in [0.25, 0.3) is 0 Å². The molecule has 1 aromatic rings. The number of rotatable bonds is 2. The van der Waals surface area contributed by atoms with Crippen LogP contribution in [-0.2, 0) is 11.3 Å². The van der Waals surface area contributed by atoms with Crippen LogP contribution in [0.5, 0.6) is 0 Å². The first-order valence-corrected chi connectivity index (χ1v) is 4.69. The number of benzene rings is 1. The molecule has 1 aromatic carbocycles. The molecule has 0 bridgehead atoms. The van der Waals surface area contributed by atoms with Crippen LogP contribution in [0.1, 0.15) is 5.56 Å². The highest BCUT2D eigenvalue weighted by Crippen LogP contribution is 2.23. The number of halogens is 1. The molecule has 3 N–H and O–H groups in total. The van der Waals surface area contributed by atoms with Gasteiger partial charge in [0.05, 0.1) is 6.54 Å². The lowest BCUT2D eigenvalue weighted by molar-refractivity contribution is -0.118. The van der Waals surface area contributed by atoms with Gasteiger partial charge in [-0.25, -0.2) is 9.18 Å². The van der Waals surface area contributed by atoms with Crippen molar-refractivity contribution in [1.82, 2.24) is 4.90 Å². The number of nitrogens with zero attached hydrogens (tertiary/aromatic N) is 1. The molecular formula is C10H10FN3O2. The number of anilines is 1. The Morgan fingerprint density at radius 2 is 2.31 bits per heavy atom. The van der Waals surface area contributed by atoms with Gasteiger partial charge in [-0.2, -0.15) is 0 Å². The Hall–Kier alpha value is -2.11. The number of primary amides is 1. The summed E-state index contributed by atoms with van der Waals surface area (Å²) in [6.45, 7) is 0.00362. The van der Waals surface area contributed by atoms with E-state index in [0.29, 0.717) is 11.3 Å². The number of nitrogens with two attached hydrogens (primary N) is 1. The first-order valence-electron chi connectivity index (χ1n) is 4.69. The number of carbonyl (C=O) groups is 2. The highest BCUT2D eigenvalue weighted by molar-refractivity contribution is 5.94. The van der Waals surface area contributed by atoms with E-state index in [1.165, 1.54) is 23.1 Å². The average Bonchev–Trinajstić information content (AvgIpc) is 2.19. The van der Waals surface area contributed by atoms with E-state index in [-0.39, 0.29) is 18.9 Å². The van der Waals surface area contributed by atoms with Gasteiger partial charge in [-0.15, -0.1) is 0 Å². The van der Waals surface area contributed by atoms with Crippen LogP contribution in [-0.4, -0.2) is 23.4 Å². The molecule has 0 spiro atoms. The molecule has 84 valence electrons. The minimum atomic E-state index is -0.602. The van der Waals surface area contributed by atoms with Crippen molar-refractivity contribution in [3.8, 4) is 0 Å². The van der Waals surface area contributed by atoms with Crippen LogP contribution in [0.15, 0.2) is 18.2 Å². The van der Waals surface area contributed by atoms with E-state index in [2.05, 4.69) is 5.32 Å². The first kappa shape index (κ1) is 10.4. The summed E-state index contributed by atoms with van der Waals surface area (Å²) in [6, 6.07) is 3.67. The van der Waals surface area contributed by atoms with Gasteiger partial charge in [-0.05, 0) is 23.8 Å². The van der Waals surface area contributed by atoms with Crippen molar-refractivity contribution in [2.45, 2.75) is 6.54 Å². The lowest BCUT2D eigenvalue weighted by atomic mass is 10.1. The van der Waals surface area contributed by atoms with Gasteiger partial charge in [0.2, 0.25) is 5.91 Å². The molecule has 0 radical (unpaired) electrons.